The maximum atomic E-state index is 12.4. The summed E-state index contributed by atoms with van der Waals surface area (Å²) in [5, 5.41) is 16.5. The highest BCUT2D eigenvalue weighted by Gasteiger charge is 2.44. The molecule has 3 rings (SSSR count). The van der Waals surface area contributed by atoms with E-state index in [0.717, 1.165) is 11.3 Å². The van der Waals surface area contributed by atoms with Crippen LogP contribution < -0.4 is 0 Å². The van der Waals surface area contributed by atoms with Crippen LogP contribution in [0.3, 0.4) is 0 Å². The Morgan fingerprint density at radius 3 is 2.39 bits per heavy atom. The largest absolute Gasteiger partial charge is 0.481 e. The molecule has 0 saturated carbocycles. The van der Waals surface area contributed by atoms with Crippen LogP contribution in [0.1, 0.15) is 34.6 Å². The van der Waals surface area contributed by atoms with Crippen LogP contribution >= 0.6 is 0 Å². The van der Waals surface area contributed by atoms with Gasteiger partial charge < -0.3 is 10.0 Å². The third kappa shape index (κ3) is 2.72. The Morgan fingerprint density at radius 2 is 1.87 bits per heavy atom. The Bertz CT molecular complexity index is 716. The fraction of sp³-hybridized carbons (Fsp3) is 0.353. The summed E-state index contributed by atoms with van der Waals surface area (Å²) in [5.74, 6) is -0.979. The van der Waals surface area contributed by atoms with Crippen molar-refractivity contribution in [2.45, 2.75) is 25.2 Å². The fourth-order valence-electron chi connectivity index (χ4n) is 3.16. The Morgan fingerprint density at radius 1 is 1.22 bits per heavy atom. The van der Waals surface area contributed by atoms with Crippen molar-refractivity contribution in [1.29, 1.82) is 0 Å². The topological polar surface area (TPSA) is 86.3 Å². The number of carbonyl (C=O) groups is 2. The second kappa shape index (κ2) is 5.87. The molecule has 0 aliphatic carbocycles. The normalized spacial score (nSPS) is 17.0. The lowest BCUT2D eigenvalue weighted by molar-refractivity contribution is -0.145. The second-order valence-corrected chi connectivity index (χ2v) is 5.98. The number of likely N-dealkylation sites (tertiary alicyclic amines) is 1. The summed E-state index contributed by atoms with van der Waals surface area (Å²) < 4.78 is 0. The lowest BCUT2D eigenvalue weighted by Crippen LogP contribution is -2.49. The van der Waals surface area contributed by atoms with Crippen LogP contribution in [-0.4, -0.2) is 45.2 Å². The maximum Gasteiger partial charge on any atom is 0.314 e. The van der Waals surface area contributed by atoms with Crippen LogP contribution in [0.25, 0.3) is 0 Å². The van der Waals surface area contributed by atoms with Gasteiger partial charge in [-0.25, -0.2) is 0 Å². The highest BCUT2D eigenvalue weighted by atomic mass is 16.4. The number of piperidine rings is 1. The molecule has 23 heavy (non-hydrogen) atoms. The molecule has 1 fully saturated rings. The predicted molar refractivity (Wildman–Crippen MR) is 84.2 cm³/mol. The highest BCUT2D eigenvalue weighted by molar-refractivity contribution is 5.92. The summed E-state index contributed by atoms with van der Waals surface area (Å²) in [7, 11) is 0. The van der Waals surface area contributed by atoms with Gasteiger partial charge in [0.15, 0.2) is 0 Å². The van der Waals surface area contributed by atoms with E-state index in [9.17, 15) is 14.7 Å². The molecule has 0 unspecified atom stereocenters. The molecule has 2 N–H and O–H groups in total. The van der Waals surface area contributed by atoms with E-state index >= 15 is 0 Å². The minimum absolute atomic E-state index is 0.151. The van der Waals surface area contributed by atoms with Gasteiger partial charge in [0.2, 0.25) is 0 Å². The van der Waals surface area contributed by atoms with Crippen molar-refractivity contribution in [3.63, 3.8) is 0 Å². The van der Waals surface area contributed by atoms with Gasteiger partial charge in [0.05, 0.1) is 5.41 Å². The van der Waals surface area contributed by atoms with Gasteiger partial charge in [-0.1, -0.05) is 30.3 Å². The minimum atomic E-state index is -0.917. The van der Waals surface area contributed by atoms with Crippen LogP contribution in [0.4, 0.5) is 0 Å². The SMILES string of the molecule is Cc1cc(C(=O)N2CCC(C(=O)O)(c3ccccc3)CC2)n[nH]1. The molecule has 1 aromatic carbocycles. The number of hydrogen-bond acceptors (Lipinski definition) is 3. The van der Waals surface area contributed by atoms with Gasteiger partial charge in [0.1, 0.15) is 5.69 Å². The molecule has 1 saturated heterocycles. The Labute approximate surface area is 134 Å². The van der Waals surface area contributed by atoms with Crippen molar-refractivity contribution in [2.75, 3.05) is 13.1 Å². The lowest BCUT2D eigenvalue weighted by atomic mass is 9.73. The zero-order valence-corrected chi connectivity index (χ0v) is 13.0. The van der Waals surface area contributed by atoms with Gasteiger partial charge in [-0.3, -0.25) is 14.7 Å². The number of hydrogen-bond donors (Lipinski definition) is 2. The van der Waals surface area contributed by atoms with E-state index in [2.05, 4.69) is 10.2 Å². The summed E-state index contributed by atoms with van der Waals surface area (Å²) in [6, 6.07) is 11.0. The molecule has 0 spiro atoms. The first-order valence-corrected chi connectivity index (χ1v) is 7.63. The quantitative estimate of drug-likeness (QED) is 0.907. The average molecular weight is 313 g/mol. The van der Waals surface area contributed by atoms with Crippen LogP contribution in [0, 0.1) is 6.92 Å². The molecule has 6 heteroatoms. The first kappa shape index (κ1) is 15.3. The smallest absolute Gasteiger partial charge is 0.314 e. The number of nitrogens with zero attached hydrogens (tertiary/aromatic N) is 2. The number of H-pyrrole nitrogens is 1. The Balaban J connectivity index is 1.78. The van der Waals surface area contributed by atoms with E-state index in [-0.39, 0.29) is 5.91 Å². The standard InChI is InChI=1S/C17H19N3O3/c1-12-11-14(19-18-12)15(21)20-9-7-17(8-10-20,16(22)23)13-5-3-2-4-6-13/h2-6,11H,7-10H2,1H3,(H,18,19)(H,22,23). The van der Waals surface area contributed by atoms with Gasteiger partial charge >= 0.3 is 5.97 Å². The molecular weight excluding hydrogens is 294 g/mol. The van der Waals surface area contributed by atoms with E-state index in [1.807, 2.05) is 37.3 Å². The molecule has 2 heterocycles. The number of nitrogens with one attached hydrogen (secondary N) is 1. The number of carboxylic acid groups (broad SMARTS) is 1. The number of rotatable bonds is 3. The molecular formula is C17H19N3O3. The zero-order chi connectivity index (χ0) is 16.4. The van der Waals surface area contributed by atoms with Crippen molar-refractivity contribution < 1.29 is 14.7 Å². The molecule has 0 atom stereocenters. The third-order valence-electron chi connectivity index (χ3n) is 4.57. The fourth-order valence-corrected chi connectivity index (χ4v) is 3.16. The van der Waals surface area contributed by atoms with Crippen LogP contribution in [0.2, 0.25) is 0 Å². The van der Waals surface area contributed by atoms with Crippen LogP contribution in [-0.2, 0) is 10.2 Å². The van der Waals surface area contributed by atoms with E-state index in [1.54, 1.807) is 11.0 Å². The number of aromatic amines is 1. The van der Waals surface area contributed by atoms with E-state index in [0.29, 0.717) is 31.6 Å². The van der Waals surface area contributed by atoms with Gasteiger partial charge in [0, 0.05) is 18.8 Å². The number of benzene rings is 1. The summed E-state index contributed by atoms with van der Waals surface area (Å²) in [6.45, 7) is 2.66. The minimum Gasteiger partial charge on any atom is -0.481 e. The molecule has 1 aromatic heterocycles. The molecule has 2 aromatic rings. The second-order valence-electron chi connectivity index (χ2n) is 5.98. The first-order valence-electron chi connectivity index (χ1n) is 7.63. The number of carboxylic acids is 1. The van der Waals surface area contributed by atoms with Gasteiger partial charge in [-0.15, -0.1) is 0 Å². The summed E-state index contributed by atoms with van der Waals surface area (Å²) >= 11 is 0. The molecule has 0 bridgehead atoms. The highest BCUT2D eigenvalue weighted by Crippen LogP contribution is 2.36. The monoisotopic (exact) mass is 313 g/mol. The predicted octanol–water partition coefficient (Wildman–Crippen LogP) is 1.98. The van der Waals surface area contributed by atoms with Crippen molar-refractivity contribution in [3.8, 4) is 0 Å². The summed E-state index contributed by atoms with van der Waals surface area (Å²) in [4.78, 5) is 26.0. The number of aliphatic carboxylic acids is 1. The van der Waals surface area contributed by atoms with Gasteiger partial charge in [-0.2, -0.15) is 5.10 Å². The average Bonchev–Trinajstić information content (AvgIpc) is 3.01. The van der Waals surface area contributed by atoms with Crippen molar-refractivity contribution in [3.05, 3.63) is 53.3 Å². The number of aromatic nitrogens is 2. The van der Waals surface area contributed by atoms with E-state index in [1.165, 1.54) is 0 Å². The Hall–Kier alpha value is -2.63. The van der Waals surface area contributed by atoms with Crippen molar-refractivity contribution >= 4 is 11.9 Å². The van der Waals surface area contributed by atoms with Crippen molar-refractivity contribution in [1.82, 2.24) is 15.1 Å². The number of carbonyl (C=O) groups excluding carboxylic acids is 1. The Kier molecular flexibility index (Phi) is 3.90. The molecule has 6 nitrogen and oxygen atoms in total. The maximum absolute atomic E-state index is 12.4. The molecule has 1 amide bonds. The first-order chi connectivity index (χ1) is 11.0. The summed E-state index contributed by atoms with van der Waals surface area (Å²) in [6.07, 6.45) is 0.809. The molecule has 1 aliphatic rings. The van der Waals surface area contributed by atoms with Gasteiger partial charge in [-0.05, 0) is 31.4 Å². The molecule has 1 aliphatic heterocycles. The summed E-state index contributed by atoms with van der Waals surface area (Å²) in [5.41, 5.74) is 1.09. The van der Waals surface area contributed by atoms with Crippen LogP contribution in [0.5, 0.6) is 0 Å². The number of amides is 1. The van der Waals surface area contributed by atoms with Crippen LogP contribution in [0.15, 0.2) is 36.4 Å². The van der Waals surface area contributed by atoms with E-state index < -0.39 is 11.4 Å². The zero-order valence-electron chi connectivity index (χ0n) is 13.0. The van der Waals surface area contributed by atoms with E-state index in [4.69, 9.17) is 0 Å². The van der Waals surface area contributed by atoms with Crippen molar-refractivity contribution in [2.24, 2.45) is 0 Å². The number of aryl methyl sites for hydroxylation is 1. The molecule has 120 valence electrons. The van der Waals surface area contributed by atoms with Gasteiger partial charge in [0.25, 0.3) is 5.91 Å². The third-order valence-corrected chi connectivity index (χ3v) is 4.57. The molecule has 0 radical (unpaired) electrons. The lowest BCUT2D eigenvalue weighted by Gasteiger charge is -2.39.